The van der Waals surface area contributed by atoms with Gasteiger partial charge in [-0.05, 0) is 13.1 Å². The molecule has 2 unspecified atom stereocenters. The highest BCUT2D eigenvalue weighted by Crippen LogP contribution is 2.32. The molecule has 0 fully saturated rings. The van der Waals surface area contributed by atoms with Crippen molar-refractivity contribution in [2.24, 2.45) is 5.73 Å². The van der Waals surface area contributed by atoms with E-state index in [0.717, 1.165) is 11.3 Å². The molecule has 19 heavy (non-hydrogen) atoms. The molecule has 2 atom stereocenters. The van der Waals surface area contributed by atoms with Gasteiger partial charge in [0, 0.05) is 12.1 Å². The third kappa shape index (κ3) is 3.39. The fourth-order valence-corrected chi connectivity index (χ4v) is 2.24. The van der Waals surface area contributed by atoms with Crippen molar-refractivity contribution in [3.8, 4) is 5.75 Å². The topological polar surface area (TPSA) is 38.5 Å². The Morgan fingerprint density at radius 1 is 1.37 bits per heavy atom. The third-order valence-corrected chi connectivity index (χ3v) is 3.42. The van der Waals surface area contributed by atoms with Gasteiger partial charge in [-0.3, -0.25) is 4.90 Å². The van der Waals surface area contributed by atoms with Crippen molar-refractivity contribution in [1.29, 1.82) is 0 Å². The quantitative estimate of drug-likeness (QED) is 0.919. The zero-order valence-electron chi connectivity index (χ0n) is 10.7. The van der Waals surface area contributed by atoms with E-state index in [4.69, 9.17) is 10.5 Å². The first-order chi connectivity index (χ1) is 8.88. The molecular weight excluding hydrogens is 257 g/mol. The highest BCUT2D eigenvalue weighted by Gasteiger charge is 2.33. The summed E-state index contributed by atoms with van der Waals surface area (Å²) in [6, 6.07) is 6.80. The van der Waals surface area contributed by atoms with Crippen LogP contribution in [0.2, 0.25) is 0 Å². The maximum absolute atomic E-state index is 12.2. The molecule has 1 aromatic carbocycles. The Labute approximate surface area is 110 Å². The van der Waals surface area contributed by atoms with Crippen LogP contribution < -0.4 is 10.5 Å². The van der Waals surface area contributed by atoms with Gasteiger partial charge < -0.3 is 10.5 Å². The number of nitrogens with zero attached hydrogens (tertiary/aromatic N) is 1. The molecule has 3 nitrogen and oxygen atoms in total. The van der Waals surface area contributed by atoms with Crippen LogP contribution in [0.1, 0.15) is 18.0 Å². The van der Waals surface area contributed by atoms with Crippen LogP contribution in [-0.2, 0) is 0 Å². The van der Waals surface area contributed by atoms with Gasteiger partial charge in [-0.2, -0.15) is 13.2 Å². The molecule has 6 heteroatoms. The number of nitrogens with two attached hydrogens (primary N) is 1. The van der Waals surface area contributed by atoms with Crippen molar-refractivity contribution in [1.82, 2.24) is 4.90 Å². The number of para-hydroxylation sites is 1. The van der Waals surface area contributed by atoms with Crippen LogP contribution in [0.4, 0.5) is 13.2 Å². The van der Waals surface area contributed by atoms with E-state index in [9.17, 15) is 13.2 Å². The second-order valence-corrected chi connectivity index (χ2v) is 4.79. The fourth-order valence-electron chi connectivity index (χ4n) is 2.24. The number of halogens is 3. The number of likely N-dealkylation sites (N-methyl/N-ethyl adjacent to an activating group) is 1. The van der Waals surface area contributed by atoms with Crippen LogP contribution in [0.5, 0.6) is 5.75 Å². The van der Waals surface area contributed by atoms with E-state index >= 15 is 0 Å². The van der Waals surface area contributed by atoms with Gasteiger partial charge in [0.2, 0.25) is 0 Å². The third-order valence-electron chi connectivity index (χ3n) is 3.42. The van der Waals surface area contributed by atoms with Crippen molar-refractivity contribution in [2.75, 3.05) is 20.2 Å². The first-order valence-electron chi connectivity index (χ1n) is 6.13. The minimum absolute atomic E-state index is 0.0760. The van der Waals surface area contributed by atoms with E-state index < -0.39 is 12.6 Å². The summed E-state index contributed by atoms with van der Waals surface area (Å²) in [4.78, 5) is 1.62. The monoisotopic (exact) mass is 274 g/mol. The molecule has 2 rings (SSSR count). The van der Waals surface area contributed by atoms with Gasteiger partial charge in [0.15, 0.2) is 0 Å². The molecule has 0 radical (unpaired) electrons. The number of alkyl halides is 3. The SMILES string of the molecule is CN(CCC(F)(F)F)C1COc2ccccc2C1N. The van der Waals surface area contributed by atoms with Crippen molar-refractivity contribution < 1.29 is 17.9 Å². The van der Waals surface area contributed by atoms with Gasteiger partial charge >= 0.3 is 6.18 Å². The van der Waals surface area contributed by atoms with Crippen LogP contribution in [0.15, 0.2) is 24.3 Å². The molecular formula is C13H17F3N2O. The number of hydrogen-bond donors (Lipinski definition) is 1. The highest BCUT2D eigenvalue weighted by molar-refractivity contribution is 5.38. The Morgan fingerprint density at radius 3 is 2.74 bits per heavy atom. The van der Waals surface area contributed by atoms with Gasteiger partial charge in [-0.1, -0.05) is 18.2 Å². The summed E-state index contributed by atoms with van der Waals surface area (Å²) in [5, 5.41) is 0. The van der Waals surface area contributed by atoms with Gasteiger partial charge in [0.25, 0.3) is 0 Å². The van der Waals surface area contributed by atoms with Gasteiger partial charge in [0.1, 0.15) is 12.4 Å². The first-order valence-corrected chi connectivity index (χ1v) is 6.13. The summed E-state index contributed by atoms with van der Waals surface area (Å²) >= 11 is 0. The lowest BCUT2D eigenvalue weighted by atomic mass is 9.96. The van der Waals surface area contributed by atoms with E-state index in [1.807, 2.05) is 24.3 Å². The standard InChI is InChI=1S/C13H17F3N2O/c1-18(7-6-13(14,15)16)10-8-19-11-5-3-2-4-9(11)12(10)17/h2-5,10,12H,6-8,17H2,1H3. The summed E-state index contributed by atoms with van der Waals surface area (Å²) in [5.41, 5.74) is 6.97. The van der Waals surface area contributed by atoms with E-state index in [-0.39, 0.29) is 18.6 Å². The molecule has 0 aromatic heterocycles. The lowest BCUT2D eigenvalue weighted by Crippen LogP contribution is -2.47. The van der Waals surface area contributed by atoms with Crippen molar-refractivity contribution in [3.63, 3.8) is 0 Å². The zero-order chi connectivity index (χ0) is 14.0. The molecule has 0 amide bonds. The second-order valence-electron chi connectivity index (χ2n) is 4.79. The van der Waals surface area contributed by atoms with Crippen LogP contribution in [0.25, 0.3) is 0 Å². The largest absolute Gasteiger partial charge is 0.492 e. The van der Waals surface area contributed by atoms with Gasteiger partial charge in [0.05, 0.1) is 18.5 Å². The number of ether oxygens (including phenoxy) is 1. The summed E-state index contributed by atoms with van der Waals surface area (Å²) in [7, 11) is 1.65. The van der Waals surface area contributed by atoms with E-state index in [2.05, 4.69) is 0 Å². The summed E-state index contributed by atoms with van der Waals surface area (Å²) in [6.07, 6.45) is -4.99. The van der Waals surface area contributed by atoms with Crippen LogP contribution in [0.3, 0.4) is 0 Å². The molecule has 1 aromatic rings. The number of fused-ring (bicyclic) bond motifs is 1. The molecule has 1 aliphatic rings. The smallest absolute Gasteiger partial charge is 0.390 e. The molecule has 0 bridgehead atoms. The average molecular weight is 274 g/mol. The highest BCUT2D eigenvalue weighted by atomic mass is 19.4. The molecule has 0 aliphatic carbocycles. The van der Waals surface area contributed by atoms with Gasteiger partial charge in [-0.15, -0.1) is 0 Å². The van der Waals surface area contributed by atoms with Crippen LogP contribution in [-0.4, -0.2) is 37.3 Å². The predicted molar refractivity (Wildman–Crippen MR) is 66.0 cm³/mol. The minimum Gasteiger partial charge on any atom is -0.492 e. The summed E-state index contributed by atoms with van der Waals surface area (Å²) in [5.74, 6) is 0.718. The van der Waals surface area contributed by atoms with E-state index in [0.29, 0.717) is 6.61 Å². The number of benzene rings is 1. The lowest BCUT2D eigenvalue weighted by Gasteiger charge is -2.37. The maximum Gasteiger partial charge on any atom is 0.390 e. The zero-order valence-corrected chi connectivity index (χ0v) is 10.7. The Bertz CT molecular complexity index is 436. The lowest BCUT2D eigenvalue weighted by molar-refractivity contribution is -0.139. The molecule has 1 aliphatic heterocycles. The molecule has 0 spiro atoms. The van der Waals surface area contributed by atoms with Crippen molar-refractivity contribution in [2.45, 2.75) is 24.7 Å². The Hall–Kier alpha value is -1.27. The Balaban J connectivity index is 2.03. The summed E-state index contributed by atoms with van der Waals surface area (Å²) < 4.78 is 42.2. The Kier molecular flexibility index (Phi) is 4.01. The average Bonchev–Trinajstić information content (AvgIpc) is 2.36. The molecule has 0 saturated heterocycles. The van der Waals surface area contributed by atoms with E-state index in [1.165, 1.54) is 0 Å². The molecule has 1 heterocycles. The first kappa shape index (κ1) is 14.1. The predicted octanol–water partition coefficient (Wildman–Crippen LogP) is 2.33. The Morgan fingerprint density at radius 2 is 2.05 bits per heavy atom. The normalized spacial score (nSPS) is 23.1. The van der Waals surface area contributed by atoms with Crippen molar-refractivity contribution in [3.05, 3.63) is 29.8 Å². The minimum atomic E-state index is -4.15. The molecule has 0 saturated carbocycles. The maximum atomic E-state index is 12.2. The van der Waals surface area contributed by atoms with Crippen LogP contribution in [0, 0.1) is 0 Å². The van der Waals surface area contributed by atoms with Crippen LogP contribution >= 0.6 is 0 Å². The fraction of sp³-hybridized carbons (Fsp3) is 0.538. The number of hydrogen-bond acceptors (Lipinski definition) is 3. The van der Waals surface area contributed by atoms with Crippen molar-refractivity contribution >= 4 is 0 Å². The molecule has 2 N–H and O–H groups in total. The molecule has 106 valence electrons. The van der Waals surface area contributed by atoms with E-state index in [1.54, 1.807) is 11.9 Å². The second kappa shape index (κ2) is 5.38. The summed E-state index contributed by atoms with van der Waals surface area (Å²) in [6.45, 7) is 0.236. The van der Waals surface area contributed by atoms with Gasteiger partial charge in [-0.25, -0.2) is 0 Å². The number of rotatable bonds is 3.